The summed E-state index contributed by atoms with van der Waals surface area (Å²) in [5.74, 6) is -2.38. The number of para-hydroxylation sites is 1. The molecule has 0 radical (unpaired) electrons. The molecule has 0 spiro atoms. The topological polar surface area (TPSA) is 103 Å². The summed E-state index contributed by atoms with van der Waals surface area (Å²) in [6.45, 7) is 4.51. The van der Waals surface area contributed by atoms with Crippen LogP contribution in [0.5, 0.6) is 0 Å². The molecular formula is C38H43N4NaO4. The molecule has 47 heavy (non-hydrogen) atoms. The number of hydrogen-bond acceptors (Lipinski definition) is 5. The number of carbonyl (C=O) groups is 3. The Morgan fingerprint density at radius 3 is 2.15 bits per heavy atom. The summed E-state index contributed by atoms with van der Waals surface area (Å²) in [6.07, 6.45) is 5.95. The minimum atomic E-state index is -1.23. The smallest absolute Gasteiger partial charge is 1.00 e. The molecule has 2 heterocycles. The van der Waals surface area contributed by atoms with Crippen LogP contribution in [-0.4, -0.2) is 69.9 Å². The van der Waals surface area contributed by atoms with Crippen LogP contribution in [0, 0.1) is 5.92 Å². The number of fused-ring (bicyclic) bond motifs is 1. The van der Waals surface area contributed by atoms with Gasteiger partial charge in [-0.2, -0.15) is 0 Å². The van der Waals surface area contributed by atoms with Gasteiger partial charge in [-0.05, 0) is 37.3 Å². The molecule has 4 aromatic rings. The van der Waals surface area contributed by atoms with Crippen molar-refractivity contribution in [2.24, 2.45) is 5.92 Å². The molecule has 240 valence electrons. The van der Waals surface area contributed by atoms with E-state index in [1.165, 1.54) is 19.3 Å². The zero-order valence-corrected chi connectivity index (χ0v) is 29.4. The van der Waals surface area contributed by atoms with E-state index in [0.717, 1.165) is 40.6 Å². The molecule has 1 unspecified atom stereocenters. The minimum absolute atomic E-state index is 0. The molecule has 3 aromatic carbocycles. The fourth-order valence-corrected chi connectivity index (χ4v) is 7.10. The second-order valence-electron chi connectivity index (χ2n) is 12.6. The fraction of sp³-hybridized carbons (Fsp3) is 0.368. The summed E-state index contributed by atoms with van der Waals surface area (Å²) >= 11 is 0. The summed E-state index contributed by atoms with van der Waals surface area (Å²) in [5.41, 5.74) is 4.50. The molecule has 1 saturated carbocycles. The van der Waals surface area contributed by atoms with Gasteiger partial charge in [0.25, 0.3) is 5.91 Å². The average molecular weight is 643 g/mol. The number of aliphatic carboxylic acids is 1. The van der Waals surface area contributed by atoms with Gasteiger partial charge >= 0.3 is 35.5 Å². The Kier molecular flexibility index (Phi) is 11.9. The zero-order valence-electron chi connectivity index (χ0n) is 28.4. The molecule has 8 nitrogen and oxygen atoms in total. The third-order valence-electron chi connectivity index (χ3n) is 9.68. The third kappa shape index (κ3) is 7.95. The van der Waals surface area contributed by atoms with Gasteiger partial charge in [0.05, 0.1) is 16.8 Å². The summed E-state index contributed by atoms with van der Waals surface area (Å²) in [7, 11) is 0. The van der Waals surface area contributed by atoms with Crippen molar-refractivity contribution >= 4 is 28.7 Å². The molecule has 2 atom stereocenters. The number of aromatic nitrogens is 1. The van der Waals surface area contributed by atoms with Crippen molar-refractivity contribution in [3.8, 4) is 11.3 Å². The number of benzene rings is 3. The molecule has 9 heteroatoms. The van der Waals surface area contributed by atoms with Gasteiger partial charge in [0.15, 0.2) is 5.92 Å². The molecule has 1 aliphatic carbocycles. The number of amides is 2. The number of carboxylic acids is 1. The molecule has 6 rings (SSSR count). The first kappa shape index (κ1) is 34.8. The second kappa shape index (κ2) is 16.0. The van der Waals surface area contributed by atoms with Gasteiger partial charge < -0.3 is 16.7 Å². The van der Waals surface area contributed by atoms with Crippen LogP contribution in [-0.2, 0) is 16.1 Å². The van der Waals surface area contributed by atoms with E-state index in [9.17, 15) is 19.5 Å². The van der Waals surface area contributed by atoms with Crippen molar-refractivity contribution in [2.75, 3.05) is 26.2 Å². The molecule has 2 N–H and O–H groups in total. The Balaban J connectivity index is 0.00000260. The van der Waals surface area contributed by atoms with Gasteiger partial charge in [-0.25, -0.2) is 4.98 Å². The van der Waals surface area contributed by atoms with E-state index in [4.69, 9.17) is 4.98 Å². The Bertz CT molecular complexity index is 1690. The largest absolute Gasteiger partial charge is 1.00 e. The van der Waals surface area contributed by atoms with E-state index in [2.05, 4.69) is 17.1 Å². The monoisotopic (exact) mass is 642 g/mol. The second-order valence-corrected chi connectivity index (χ2v) is 12.6. The first-order valence-corrected chi connectivity index (χ1v) is 16.5. The standard InChI is InChI=1S/C38H42N4O4.Na.H/c1-26(27-13-5-2-6-14-27)39-36(43)34-30-19-11-12-20-32(30)40-35(29-17-9-4-10-18-29)31(34)25-41-21-23-42(24-22-41)37(44)33(38(45)46)28-15-7-3-8-16-28;;/h3-4,7-12,15-20,26-27,33H,2,5-6,13-14,21-25H2,1H3,(H,39,43)(H,45,46);;/q;+1;-1/t26-,33?;;/m0../s1. The normalized spacial score (nSPS) is 17.0. The van der Waals surface area contributed by atoms with Crippen LogP contribution in [0.3, 0.4) is 0 Å². The van der Waals surface area contributed by atoms with Crippen molar-refractivity contribution in [2.45, 2.75) is 57.5 Å². The van der Waals surface area contributed by atoms with E-state index in [1.54, 1.807) is 29.2 Å². The molecule has 2 aliphatic rings. The van der Waals surface area contributed by atoms with Gasteiger partial charge in [-0.3, -0.25) is 19.3 Å². The van der Waals surface area contributed by atoms with Crippen LogP contribution in [0.25, 0.3) is 22.2 Å². The van der Waals surface area contributed by atoms with Gasteiger partial charge in [0.2, 0.25) is 5.91 Å². The molecule has 2 fully saturated rings. The minimum Gasteiger partial charge on any atom is -1.00 e. The third-order valence-corrected chi connectivity index (χ3v) is 9.68. The number of pyridine rings is 1. The quantitative estimate of drug-likeness (QED) is 0.215. The SMILES string of the molecule is C[C@H](NC(=O)c1c(CN2CCN(C(=O)C(C(=O)O)c3ccccc3)CC2)c(-c2ccccc2)nc2ccccc12)C1CCCCC1.[H-].[Na+]. The van der Waals surface area contributed by atoms with Crippen molar-refractivity contribution in [1.29, 1.82) is 0 Å². The number of hydrogen-bond donors (Lipinski definition) is 2. The Labute approximate surface area is 300 Å². The Hall–Kier alpha value is -3.56. The molecule has 2 amide bonds. The molecule has 1 saturated heterocycles. The van der Waals surface area contributed by atoms with Crippen LogP contribution in [0.1, 0.15) is 67.9 Å². The van der Waals surface area contributed by atoms with E-state index < -0.39 is 17.8 Å². The zero-order chi connectivity index (χ0) is 32.0. The summed E-state index contributed by atoms with van der Waals surface area (Å²) < 4.78 is 0. The number of carboxylic acid groups (broad SMARTS) is 1. The number of rotatable bonds is 9. The predicted octanol–water partition coefficient (Wildman–Crippen LogP) is 3.23. The number of nitrogens with zero attached hydrogens (tertiary/aromatic N) is 3. The summed E-state index contributed by atoms with van der Waals surface area (Å²) in [6, 6.07) is 26.6. The van der Waals surface area contributed by atoms with E-state index in [-0.39, 0.29) is 42.9 Å². The first-order valence-electron chi connectivity index (χ1n) is 16.5. The fourth-order valence-electron chi connectivity index (χ4n) is 7.10. The Morgan fingerprint density at radius 1 is 0.872 bits per heavy atom. The number of nitrogens with one attached hydrogen (secondary N) is 1. The molecule has 1 aromatic heterocycles. The number of piperazine rings is 1. The number of carbonyl (C=O) groups excluding carboxylic acids is 2. The van der Waals surface area contributed by atoms with Crippen LogP contribution >= 0.6 is 0 Å². The van der Waals surface area contributed by atoms with Crippen LogP contribution in [0.4, 0.5) is 0 Å². The van der Waals surface area contributed by atoms with Gasteiger partial charge in [-0.15, -0.1) is 0 Å². The van der Waals surface area contributed by atoms with Crippen molar-refractivity contribution in [3.63, 3.8) is 0 Å². The van der Waals surface area contributed by atoms with Crippen molar-refractivity contribution in [3.05, 3.63) is 102 Å². The average Bonchev–Trinajstić information content (AvgIpc) is 3.09. The van der Waals surface area contributed by atoms with Gasteiger partial charge in [0.1, 0.15) is 0 Å². The van der Waals surface area contributed by atoms with Crippen LogP contribution < -0.4 is 34.9 Å². The van der Waals surface area contributed by atoms with Gasteiger partial charge in [-0.1, -0.05) is 98.1 Å². The van der Waals surface area contributed by atoms with Gasteiger partial charge in [0, 0.05) is 55.3 Å². The van der Waals surface area contributed by atoms with Crippen molar-refractivity contribution < 1.29 is 50.5 Å². The summed E-state index contributed by atoms with van der Waals surface area (Å²) in [5, 5.41) is 14.1. The van der Waals surface area contributed by atoms with Crippen molar-refractivity contribution in [1.82, 2.24) is 20.1 Å². The van der Waals surface area contributed by atoms with E-state index >= 15 is 0 Å². The van der Waals surface area contributed by atoms with E-state index in [0.29, 0.717) is 49.8 Å². The maximum absolute atomic E-state index is 14.3. The molecule has 0 bridgehead atoms. The van der Waals surface area contributed by atoms with Crippen LogP contribution in [0.15, 0.2) is 84.9 Å². The Morgan fingerprint density at radius 2 is 1.49 bits per heavy atom. The van der Waals surface area contributed by atoms with Crippen LogP contribution in [0.2, 0.25) is 0 Å². The molecular weight excluding hydrogens is 599 g/mol. The maximum Gasteiger partial charge on any atom is 1.00 e. The molecule has 1 aliphatic heterocycles. The predicted molar refractivity (Wildman–Crippen MR) is 180 cm³/mol. The maximum atomic E-state index is 14.3. The van der Waals surface area contributed by atoms with E-state index in [1.807, 2.05) is 60.7 Å². The first-order chi connectivity index (χ1) is 22.4. The summed E-state index contributed by atoms with van der Waals surface area (Å²) in [4.78, 5) is 48.9.